The molecule has 0 saturated carbocycles. The Bertz CT molecular complexity index is 789. The van der Waals surface area contributed by atoms with Crippen LogP contribution in [0, 0.1) is 6.92 Å². The third-order valence-corrected chi connectivity index (χ3v) is 5.11. The summed E-state index contributed by atoms with van der Waals surface area (Å²) in [6.07, 6.45) is 4.85. The van der Waals surface area contributed by atoms with Crippen LogP contribution < -0.4 is 0 Å². The van der Waals surface area contributed by atoms with Crippen LogP contribution in [0.15, 0.2) is 0 Å². The van der Waals surface area contributed by atoms with E-state index in [1.165, 1.54) is 35.1 Å². The van der Waals surface area contributed by atoms with Crippen LogP contribution in [0.4, 0.5) is 0 Å². The Morgan fingerprint density at radius 1 is 1.26 bits per heavy atom. The van der Waals surface area contributed by atoms with Crippen molar-refractivity contribution in [2.45, 2.75) is 38.5 Å². The van der Waals surface area contributed by atoms with E-state index >= 15 is 0 Å². The lowest BCUT2D eigenvalue weighted by atomic mass is 9.97. The predicted molar refractivity (Wildman–Crippen MR) is 77.1 cm³/mol. The van der Waals surface area contributed by atoms with Crippen molar-refractivity contribution in [2.24, 2.45) is 0 Å². The maximum atomic E-state index is 6.00. The maximum absolute atomic E-state index is 6.00. The second-order valence-corrected chi connectivity index (χ2v) is 6.30. The minimum Gasteiger partial charge on any atom is -0.220 e. The van der Waals surface area contributed by atoms with Crippen LogP contribution in [0.25, 0.3) is 15.9 Å². The van der Waals surface area contributed by atoms with Crippen molar-refractivity contribution in [1.82, 2.24) is 19.6 Å². The summed E-state index contributed by atoms with van der Waals surface area (Å²) >= 11 is 7.80. The van der Waals surface area contributed by atoms with E-state index in [2.05, 4.69) is 15.1 Å². The van der Waals surface area contributed by atoms with Gasteiger partial charge in [-0.05, 0) is 38.2 Å². The molecule has 6 heteroatoms. The molecule has 0 amide bonds. The molecule has 4 nitrogen and oxygen atoms in total. The molecule has 3 aromatic rings. The fraction of sp³-hybridized carbons (Fsp3) is 0.462. The zero-order chi connectivity index (χ0) is 13.0. The van der Waals surface area contributed by atoms with E-state index in [0.717, 1.165) is 28.5 Å². The number of halogens is 1. The van der Waals surface area contributed by atoms with E-state index < -0.39 is 0 Å². The normalized spacial score (nSPS) is 15.3. The molecular weight excluding hydrogens is 280 g/mol. The minimum absolute atomic E-state index is 0.359. The Kier molecular flexibility index (Phi) is 2.53. The molecule has 4 rings (SSSR count). The van der Waals surface area contributed by atoms with Gasteiger partial charge in [0, 0.05) is 4.88 Å². The van der Waals surface area contributed by atoms with Gasteiger partial charge in [0.25, 0.3) is 0 Å². The highest BCUT2D eigenvalue weighted by Gasteiger charge is 2.21. The smallest absolute Gasteiger partial charge is 0.168 e. The van der Waals surface area contributed by atoms with E-state index in [-0.39, 0.29) is 0 Å². The number of hydrogen-bond donors (Lipinski definition) is 0. The third-order valence-electron chi connectivity index (χ3n) is 3.68. The Hall–Kier alpha value is -1.20. The molecule has 1 aliphatic rings. The molecule has 3 aromatic heterocycles. The first-order valence-electron chi connectivity index (χ1n) is 6.50. The standard InChI is InChI=1S/C13H13ClN4S/c1-7-15-12-11-8-4-2-3-5-9(8)19-13(11)16-10(6-14)18(12)17-7/h2-6H2,1H3. The Balaban J connectivity index is 2.18. The molecule has 0 radical (unpaired) electrons. The average molecular weight is 293 g/mol. The fourth-order valence-corrected chi connectivity index (χ4v) is 4.32. The van der Waals surface area contributed by atoms with Crippen molar-refractivity contribution in [3.05, 3.63) is 22.1 Å². The Labute approximate surface area is 119 Å². The number of aromatic nitrogens is 4. The molecule has 3 heterocycles. The van der Waals surface area contributed by atoms with Gasteiger partial charge in [-0.25, -0.2) is 9.97 Å². The number of hydrogen-bond acceptors (Lipinski definition) is 4. The van der Waals surface area contributed by atoms with Gasteiger partial charge in [-0.3, -0.25) is 0 Å². The Morgan fingerprint density at radius 3 is 2.95 bits per heavy atom. The van der Waals surface area contributed by atoms with Crippen molar-refractivity contribution in [2.75, 3.05) is 0 Å². The molecule has 0 aromatic carbocycles. The first kappa shape index (κ1) is 11.6. The van der Waals surface area contributed by atoms with Gasteiger partial charge in [0.05, 0.1) is 11.3 Å². The highest BCUT2D eigenvalue weighted by atomic mass is 35.5. The average Bonchev–Trinajstić information content (AvgIpc) is 2.96. The lowest BCUT2D eigenvalue weighted by molar-refractivity contribution is 0.700. The molecule has 19 heavy (non-hydrogen) atoms. The number of aryl methyl sites for hydroxylation is 3. The summed E-state index contributed by atoms with van der Waals surface area (Å²) in [5.74, 6) is 1.91. The van der Waals surface area contributed by atoms with Gasteiger partial charge in [-0.1, -0.05) is 0 Å². The van der Waals surface area contributed by atoms with E-state index in [0.29, 0.717) is 5.88 Å². The van der Waals surface area contributed by atoms with Gasteiger partial charge in [0.15, 0.2) is 5.65 Å². The minimum atomic E-state index is 0.359. The molecule has 1 aliphatic carbocycles. The van der Waals surface area contributed by atoms with E-state index in [1.54, 1.807) is 11.3 Å². The molecule has 0 spiro atoms. The number of nitrogens with zero attached hydrogens (tertiary/aromatic N) is 4. The topological polar surface area (TPSA) is 43.1 Å². The summed E-state index contributed by atoms with van der Waals surface area (Å²) in [5, 5.41) is 5.63. The van der Waals surface area contributed by atoms with Crippen LogP contribution in [0.2, 0.25) is 0 Å². The van der Waals surface area contributed by atoms with E-state index in [1.807, 2.05) is 11.4 Å². The van der Waals surface area contributed by atoms with Crippen molar-refractivity contribution in [3.63, 3.8) is 0 Å². The lowest BCUT2D eigenvalue weighted by Gasteiger charge is -2.10. The molecule has 0 fully saturated rings. The molecular formula is C13H13ClN4S. The van der Waals surface area contributed by atoms with Gasteiger partial charge in [-0.2, -0.15) is 4.52 Å². The summed E-state index contributed by atoms with van der Waals surface area (Å²) in [7, 11) is 0. The van der Waals surface area contributed by atoms with Gasteiger partial charge >= 0.3 is 0 Å². The van der Waals surface area contributed by atoms with Crippen molar-refractivity contribution in [1.29, 1.82) is 0 Å². The van der Waals surface area contributed by atoms with Crippen LogP contribution in [-0.2, 0) is 18.7 Å². The Morgan fingerprint density at radius 2 is 2.11 bits per heavy atom. The van der Waals surface area contributed by atoms with E-state index in [9.17, 15) is 0 Å². The number of alkyl halides is 1. The van der Waals surface area contributed by atoms with Gasteiger partial charge < -0.3 is 0 Å². The summed E-state index contributed by atoms with van der Waals surface area (Å²) in [6, 6.07) is 0. The SMILES string of the molecule is Cc1nc2c3c4c(sc3nc(CCl)n2n1)CCCC4. The first-order chi connectivity index (χ1) is 9.28. The molecule has 0 unspecified atom stereocenters. The molecule has 0 aliphatic heterocycles. The number of thiophene rings is 1. The fourth-order valence-electron chi connectivity index (χ4n) is 2.87. The number of rotatable bonds is 1. The second kappa shape index (κ2) is 4.15. The number of fused-ring (bicyclic) bond motifs is 5. The van der Waals surface area contributed by atoms with Gasteiger partial charge in [0.1, 0.15) is 16.5 Å². The summed E-state index contributed by atoms with van der Waals surface area (Å²) in [6.45, 7) is 1.91. The quantitative estimate of drug-likeness (QED) is 0.647. The molecule has 0 atom stereocenters. The summed E-state index contributed by atoms with van der Waals surface area (Å²) in [5.41, 5.74) is 2.37. The molecule has 98 valence electrons. The van der Waals surface area contributed by atoms with Crippen LogP contribution >= 0.6 is 22.9 Å². The monoisotopic (exact) mass is 292 g/mol. The third kappa shape index (κ3) is 1.61. The molecule has 0 bridgehead atoms. The van der Waals surface area contributed by atoms with Crippen LogP contribution in [0.3, 0.4) is 0 Å². The van der Waals surface area contributed by atoms with Gasteiger partial charge in [0.2, 0.25) is 0 Å². The van der Waals surface area contributed by atoms with Crippen molar-refractivity contribution >= 4 is 38.8 Å². The predicted octanol–water partition coefficient (Wildman–Crippen LogP) is 3.27. The van der Waals surface area contributed by atoms with Crippen molar-refractivity contribution in [3.8, 4) is 0 Å². The van der Waals surface area contributed by atoms with Gasteiger partial charge in [-0.15, -0.1) is 28.0 Å². The lowest BCUT2D eigenvalue weighted by Crippen LogP contribution is -2.02. The largest absolute Gasteiger partial charge is 0.220 e. The maximum Gasteiger partial charge on any atom is 0.168 e. The highest BCUT2D eigenvalue weighted by Crippen LogP contribution is 2.37. The zero-order valence-electron chi connectivity index (χ0n) is 10.6. The van der Waals surface area contributed by atoms with Crippen LogP contribution in [-0.4, -0.2) is 19.6 Å². The second-order valence-electron chi connectivity index (χ2n) is 4.95. The summed E-state index contributed by atoms with van der Waals surface area (Å²) < 4.78 is 1.81. The van der Waals surface area contributed by atoms with Crippen molar-refractivity contribution < 1.29 is 0 Å². The highest BCUT2D eigenvalue weighted by molar-refractivity contribution is 7.19. The molecule has 0 saturated heterocycles. The first-order valence-corrected chi connectivity index (χ1v) is 7.85. The zero-order valence-corrected chi connectivity index (χ0v) is 12.2. The van der Waals surface area contributed by atoms with E-state index in [4.69, 9.17) is 11.6 Å². The van der Waals surface area contributed by atoms with Crippen LogP contribution in [0.5, 0.6) is 0 Å². The molecule has 0 N–H and O–H groups in total. The van der Waals surface area contributed by atoms with Crippen LogP contribution in [0.1, 0.15) is 34.9 Å². The summed E-state index contributed by atoms with van der Waals surface area (Å²) in [4.78, 5) is 11.8.